The molecule has 4 rings (SSSR count). The summed E-state index contributed by atoms with van der Waals surface area (Å²) in [5.41, 5.74) is 2.41. The van der Waals surface area contributed by atoms with Gasteiger partial charge in [-0.25, -0.2) is 4.79 Å². The molecule has 1 amide bonds. The first-order chi connectivity index (χ1) is 15.8. The zero-order chi connectivity index (χ0) is 23.7. The van der Waals surface area contributed by atoms with Crippen molar-refractivity contribution in [3.8, 4) is 11.4 Å². The van der Waals surface area contributed by atoms with E-state index in [9.17, 15) is 9.59 Å². The predicted molar refractivity (Wildman–Crippen MR) is 129 cm³/mol. The van der Waals surface area contributed by atoms with Crippen LogP contribution in [0.25, 0.3) is 11.4 Å². The van der Waals surface area contributed by atoms with E-state index in [0.717, 1.165) is 36.1 Å². The van der Waals surface area contributed by atoms with E-state index >= 15 is 0 Å². The Balaban J connectivity index is 1.52. The highest BCUT2D eigenvalue weighted by Gasteiger charge is 2.30. The lowest BCUT2D eigenvalue weighted by atomic mass is 9.88. The van der Waals surface area contributed by atoms with Crippen LogP contribution in [0.15, 0.2) is 21.9 Å². The summed E-state index contributed by atoms with van der Waals surface area (Å²) >= 11 is 2.81. The number of furan rings is 1. The first-order valence-corrected chi connectivity index (χ1v) is 12.7. The maximum Gasteiger partial charge on any atom is 0.341 e. The van der Waals surface area contributed by atoms with Crippen molar-refractivity contribution in [2.75, 3.05) is 11.9 Å². The van der Waals surface area contributed by atoms with Gasteiger partial charge in [0.05, 0.1) is 29.2 Å². The van der Waals surface area contributed by atoms with E-state index < -0.39 is 5.25 Å². The number of esters is 1. The molecule has 33 heavy (non-hydrogen) atoms. The molecule has 3 heterocycles. The van der Waals surface area contributed by atoms with Crippen molar-refractivity contribution in [1.82, 2.24) is 14.8 Å². The molecule has 2 unspecified atom stereocenters. The van der Waals surface area contributed by atoms with Gasteiger partial charge in [-0.3, -0.25) is 4.79 Å². The van der Waals surface area contributed by atoms with Gasteiger partial charge in [-0.2, -0.15) is 0 Å². The number of carbonyl (C=O) groups is 2. The number of carbonyl (C=O) groups excluding carboxylic acids is 2. The van der Waals surface area contributed by atoms with Gasteiger partial charge in [-0.15, -0.1) is 21.5 Å². The number of anilines is 1. The van der Waals surface area contributed by atoms with Crippen LogP contribution >= 0.6 is 23.1 Å². The quantitative estimate of drug-likeness (QED) is 0.374. The van der Waals surface area contributed by atoms with Crippen LogP contribution in [0, 0.1) is 12.8 Å². The molecule has 8 nitrogen and oxygen atoms in total. The van der Waals surface area contributed by atoms with Crippen LogP contribution in [0.1, 0.15) is 53.8 Å². The van der Waals surface area contributed by atoms with Gasteiger partial charge in [-0.05, 0) is 57.6 Å². The smallest absolute Gasteiger partial charge is 0.341 e. The Kier molecular flexibility index (Phi) is 6.94. The van der Waals surface area contributed by atoms with Gasteiger partial charge in [0, 0.05) is 11.9 Å². The highest BCUT2D eigenvalue weighted by molar-refractivity contribution is 8.00. The van der Waals surface area contributed by atoms with E-state index in [2.05, 4.69) is 22.4 Å². The van der Waals surface area contributed by atoms with Gasteiger partial charge in [0.15, 0.2) is 11.0 Å². The van der Waals surface area contributed by atoms with E-state index in [1.54, 1.807) is 13.2 Å². The predicted octanol–water partition coefficient (Wildman–Crippen LogP) is 4.87. The minimum absolute atomic E-state index is 0.193. The molecule has 176 valence electrons. The van der Waals surface area contributed by atoms with Crippen molar-refractivity contribution in [1.29, 1.82) is 0 Å². The van der Waals surface area contributed by atoms with Crippen LogP contribution in [0.3, 0.4) is 0 Å². The zero-order valence-corrected chi connectivity index (χ0v) is 21.1. The number of fused-ring (bicyclic) bond motifs is 1. The number of hydrogen-bond acceptors (Lipinski definition) is 8. The average Bonchev–Trinajstić information content (AvgIpc) is 3.45. The van der Waals surface area contributed by atoms with Gasteiger partial charge in [0.2, 0.25) is 5.91 Å². The normalized spacial score (nSPS) is 16.3. The Bertz CT molecular complexity index is 1180. The molecule has 1 aliphatic carbocycles. The second kappa shape index (κ2) is 9.72. The maximum atomic E-state index is 13.1. The van der Waals surface area contributed by atoms with Crippen molar-refractivity contribution >= 4 is 40.0 Å². The lowest BCUT2D eigenvalue weighted by molar-refractivity contribution is -0.115. The van der Waals surface area contributed by atoms with Gasteiger partial charge >= 0.3 is 5.97 Å². The summed E-state index contributed by atoms with van der Waals surface area (Å²) in [4.78, 5) is 27.0. The van der Waals surface area contributed by atoms with Gasteiger partial charge in [0.25, 0.3) is 0 Å². The van der Waals surface area contributed by atoms with E-state index in [4.69, 9.17) is 9.15 Å². The van der Waals surface area contributed by atoms with Gasteiger partial charge < -0.3 is 19.0 Å². The molecule has 3 aromatic heterocycles. The van der Waals surface area contributed by atoms with E-state index in [1.807, 2.05) is 31.5 Å². The molecule has 1 N–H and O–H groups in total. The third-order valence-corrected chi connectivity index (χ3v) is 8.12. The van der Waals surface area contributed by atoms with Gasteiger partial charge in [0.1, 0.15) is 10.8 Å². The fourth-order valence-corrected chi connectivity index (χ4v) is 6.17. The van der Waals surface area contributed by atoms with Crippen molar-refractivity contribution < 1.29 is 18.7 Å². The second-order valence-corrected chi connectivity index (χ2v) is 10.7. The van der Waals surface area contributed by atoms with Crippen molar-refractivity contribution in [2.24, 2.45) is 13.0 Å². The largest absolute Gasteiger partial charge is 0.469 e. The van der Waals surface area contributed by atoms with E-state index in [1.165, 1.54) is 28.0 Å². The first kappa shape index (κ1) is 23.6. The van der Waals surface area contributed by atoms with E-state index in [0.29, 0.717) is 34.1 Å². The number of nitrogens with zero attached hydrogens (tertiary/aromatic N) is 3. The summed E-state index contributed by atoms with van der Waals surface area (Å²) in [6.07, 6.45) is 4.39. The Morgan fingerprint density at radius 2 is 2.21 bits per heavy atom. The summed E-state index contributed by atoms with van der Waals surface area (Å²) in [5.74, 6) is 1.44. The molecule has 0 fully saturated rings. The maximum absolute atomic E-state index is 13.1. The number of ether oxygens (including phenoxy) is 1. The SMILES string of the molecule is CCOC(=O)c1c(NC(=O)C(C)Sc2nnc(-c3ccoc3C)n2C)sc2c1CCC(C)C2. The fourth-order valence-electron chi connectivity index (χ4n) is 3.95. The Morgan fingerprint density at radius 1 is 1.42 bits per heavy atom. The van der Waals surface area contributed by atoms with Crippen LogP contribution in [-0.2, 0) is 29.4 Å². The molecular formula is C23H28N4O4S2. The minimum Gasteiger partial charge on any atom is -0.469 e. The second-order valence-electron chi connectivity index (χ2n) is 8.28. The fraction of sp³-hybridized carbons (Fsp3) is 0.478. The number of thioether (sulfide) groups is 1. The van der Waals surface area contributed by atoms with Crippen LogP contribution < -0.4 is 5.32 Å². The Morgan fingerprint density at radius 3 is 2.91 bits per heavy atom. The van der Waals surface area contributed by atoms with Gasteiger partial charge in [-0.1, -0.05) is 18.7 Å². The molecule has 3 aromatic rings. The van der Waals surface area contributed by atoms with Crippen molar-refractivity contribution in [2.45, 2.75) is 57.4 Å². The number of nitrogens with one attached hydrogen (secondary N) is 1. The summed E-state index contributed by atoms with van der Waals surface area (Å²) in [5, 5.41) is 12.3. The number of rotatable bonds is 7. The highest BCUT2D eigenvalue weighted by atomic mass is 32.2. The molecule has 0 saturated heterocycles. The van der Waals surface area contributed by atoms with Crippen molar-refractivity contribution in [3.63, 3.8) is 0 Å². The zero-order valence-electron chi connectivity index (χ0n) is 19.4. The number of aromatic nitrogens is 3. The van der Waals surface area contributed by atoms with E-state index in [-0.39, 0.29) is 11.9 Å². The number of thiophene rings is 1. The molecule has 0 bridgehead atoms. The molecule has 0 aliphatic heterocycles. The van der Waals surface area contributed by atoms with Crippen LogP contribution in [0.2, 0.25) is 0 Å². The molecular weight excluding hydrogens is 460 g/mol. The van der Waals surface area contributed by atoms with Crippen molar-refractivity contribution in [3.05, 3.63) is 34.1 Å². The summed E-state index contributed by atoms with van der Waals surface area (Å²) in [6, 6.07) is 1.85. The number of hydrogen-bond donors (Lipinski definition) is 1. The first-order valence-electron chi connectivity index (χ1n) is 11.0. The molecule has 2 atom stereocenters. The third-order valence-electron chi connectivity index (χ3n) is 5.81. The minimum atomic E-state index is -0.445. The molecule has 0 spiro atoms. The lowest BCUT2D eigenvalue weighted by Crippen LogP contribution is -2.24. The third kappa shape index (κ3) is 4.72. The molecule has 10 heteroatoms. The van der Waals surface area contributed by atoms with Crippen LogP contribution in [0.4, 0.5) is 5.00 Å². The molecule has 1 aliphatic rings. The standard InChI is InChI=1S/C23H28N4O4S2/c1-6-30-22(29)18-16-8-7-12(2)11-17(16)33-21(18)24-20(28)14(4)32-23-26-25-19(27(23)5)15-9-10-31-13(15)3/h9-10,12,14H,6-8,11H2,1-5H3,(H,24,28). The Hall–Kier alpha value is -2.59. The molecule has 0 aromatic carbocycles. The lowest BCUT2D eigenvalue weighted by Gasteiger charge is -2.18. The number of amides is 1. The monoisotopic (exact) mass is 488 g/mol. The summed E-state index contributed by atoms with van der Waals surface area (Å²) in [6.45, 7) is 7.98. The topological polar surface area (TPSA) is 99.2 Å². The molecule has 0 radical (unpaired) electrons. The average molecular weight is 489 g/mol. The summed E-state index contributed by atoms with van der Waals surface area (Å²) < 4.78 is 12.5. The van der Waals surface area contributed by atoms with Crippen LogP contribution in [-0.4, -0.2) is 38.5 Å². The number of aryl methyl sites for hydroxylation is 1. The van der Waals surface area contributed by atoms with Crippen LogP contribution in [0.5, 0.6) is 0 Å². The summed E-state index contributed by atoms with van der Waals surface area (Å²) in [7, 11) is 1.86. The Labute approximate surface area is 201 Å². The molecule has 0 saturated carbocycles. The highest BCUT2D eigenvalue weighted by Crippen LogP contribution is 2.40.